The Balaban J connectivity index is 1.50. The summed E-state index contributed by atoms with van der Waals surface area (Å²) in [6, 6.07) is 24.3. The van der Waals surface area contributed by atoms with Gasteiger partial charge in [-0.25, -0.2) is 4.99 Å². The van der Waals surface area contributed by atoms with Crippen molar-refractivity contribution in [2.24, 2.45) is 4.99 Å². The molecular weight excluding hydrogens is 500 g/mol. The predicted molar refractivity (Wildman–Crippen MR) is 156 cm³/mol. The molecule has 1 saturated heterocycles. The number of benzene rings is 3. The molecule has 0 aromatic heterocycles. The third-order valence-electron chi connectivity index (χ3n) is 6.48. The minimum atomic E-state index is -0.0264. The van der Waals surface area contributed by atoms with Crippen molar-refractivity contribution >= 4 is 51.7 Å². The Labute approximate surface area is 227 Å². The largest absolute Gasteiger partial charge is 0.497 e. The lowest BCUT2D eigenvalue weighted by Crippen LogP contribution is -2.29. The van der Waals surface area contributed by atoms with Gasteiger partial charge in [-0.2, -0.15) is 0 Å². The first-order chi connectivity index (χ1) is 18.0. The zero-order valence-electron chi connectivity index (χ0n) is 21.5. The molecular formula is C29H30N4O2S2. The SMILES string of the molecule is CCN(CC)c1ccc(N=C2S/C(=C3\Sc4ccc(OC)cc4N3C)C(=O)N2Cc2ccccc2)cc1. The molecule has 0 spiro atoms. The smallest absolute Gasteiger partial charge is 0.269 e. The molecule has 8 heteroatoms. The Hall–Kier alpha value is -3.36. The first kappa shape index (κ1) is 25.3. The molecule has 0 bridgehead atoms. The summed E-state index contributed by atoms with van der Waals surface area (Å²) in [5.74, 6) is 0.769. The van der Waals surface area contributed by atoms with Gasteiger partial charge in [-0.3, -0.25) is 9.69 Å². The number of nitrogens with zero attached hydrogens (tertiary/aromatic N) is 4. The number of fused-ring (bicyclic) bond motifs is 1. The third-order valence-corrected chi connectivity index (χ3v) is 8.92. The zero-order valence-corrected chi connectivity index (χ0v) is 23.1. The molecule has 2 aliphatic rings. The number of hydrogen-bond donors (Lipinski definition) is 0. The first-order valence-corrected chi connectivity index (χ1v) is 14.0. The molecule has 0 unspecified atom stereocenters. The van der Waals surface area contributed by atoms with Gasteiger partial charge < -0.3 is 14.5 Å². The van der Waals surface area contributed by atoms with E-state index in [0.29, 0.717) is 16.6 Å². The van der Waals surface area contributed by atoms with Crippen molar-refractivity contribution in [3.63, 3.8) is 0 Å². The number of carbonyl (C=O) groups excluding carboxylic acids is 1. The number of anilines is 2. The molecule has 2 heterocycles. The van der Waals surface area contributed by atoms with Crippen molar-refractivity contribution in [2.75, 3.05) is 37.0 Å². The van der Waals surface area contributed by atoms with E-state index in [1.165, 1.54) is 17.4 Å². The summed E-state index contributed by atoms with van der Waals surface area (Å²) in [5.41, 5.74) is 4.10. The van der Waals surface area contributed by atoms with Crippen LogP contribution in [0.4, 0.5) is 17.1 Å². The summed E-state index contributed by atoms with van der Waals surface area (Å²) in [7, 11) is 3.66. The number of carbonyl (C=O) groups is 1. The van der Waals surface area contributed by atoms with Crippen LogP contribution < -0.4 is 14.5 Å². The van der Waals surface area contributed by atoms with Gasteiger partial charge in [0, 0.05) is 36.8 Å². The average molecular weight is 531 g/mol. The highest BCUT2D eigenvalue weighted by Crippen LogP contribution is 2.51. The van der Waals surface area contributed by atoms with Crippen LogP contribution in [0.5, 0.6) is 5.75 Å². The van der Waals surface area contributed by atoms with Crippen LogP contribution >= 0.6 is 23.5 Å². The molecule has 6 nitrogen and oxygen atoms in total. The van der Waals surface area contributed by atoms with Crippen molar-refractivity contribution in [3.05, 3.63) is 88.3 Å². The fourth-order valence-corrected chi connectivity index (χ4v) is 6.74. The number of amidine groups is 1. The van der Waals surface area contributed by atoms with E-state index in [-0.39, 0.29) is 5.91 Å². The number of aliphatic imine (C=N–C) groups is 1. The Bertz CT molecular complexity index is 1350. The Morgan fingerprint density at radius 3 is 2.35 bits per heavy atom. The van der Waals surface area contributed by atoms with Gasteiger partial charge in [-0.15, -0.1) is 0 Å². The average Bonchev–Trinajstić information content (AvgIpc) is 3.41. The topological polar surface area (TPSA) is 48.4 Å². The van der Waals surface area contributed by atoms with Gasteiger partial charge in [0.25, 0.3) is 5.91 Å². The highest BCUT2D eigenvalue weighted by molar-refractivity contribution is 8.19. The summed E-state index contributed by atoms with van der Waals surface area (Å²) in [5, 5.41) is 1.60. The lowest BCUT2D eigenvalue weighted by Gasteiger charge is -2.21. The minimum absolute atomic E-state index is 0.0264. The number of methoxy groups -OCH3 is 1. The molecule has 0 aliphatic carbocycles. The lowest BCUT2D eigenvalue weighted by atomic mass is 10.2. The maximum Gasteiger partial charge on any atom is 0.269 e. The predicted octanol–water partition coefficient (Wildman–Crippen LogP) is 6.72. The van der Waals surface area contributed by atoms with Gasteiger partial charge >= 0.3 is 0 Å². The first-order valence-electron chi connectivity index (χ1n) is 12.3. The van der Waals surface area contributed by atoms with Gasteiger partial charge in [0.2, 0.25) is 0 Å². The molecule has 37 heavy (non-hydrogen) atoms. The maximum atomic E-state index is 13.8. The van der Waals surface area contributed by atoms with E-state index in [2.05, 4.69) is 35.8 Å². The lowest BCUT2D eigenvalue weighted by molar-refractivity contribution is -0.122. The molecule has 5 rings (SSSR count). The van der Waals surface area contributed by atoms with E-state index in [1.54, 1.807) is 23.8 Å². The number of amides is 1. The van der Waals surface area contributed by atoms with Gasteiger partial charge in [0.1, 0.15) is 10.7 Å². The molecule has 3 aromatic carbocycles. The maximum absolute atomic E-state index is 13.8. The Morgan fingerprint density at radius 1 is 0.946 bits per heavy atom. The van der Waals surface area contributed by atoms with Crippen LogP contribution in [0.2, 0.25) is 0 Å². The second-order valence-corrected chi connectivity index (χ2v) is 10.7. The van der Waals surface area contributed by atoms with E-state index < -0.39 is 0 Å². The number of ether oxygens (including phenoxy) is 1. The number of hydrogen-bond acceptors (Lipinski definition) is 7. The fourth-order valence-electron chi connectivity index (χ4n) is 4.41. The van der Waals surface area contributed by atoms with E-state index in [0.717, 1.165) is 45.7 Å². The van der Waals surface area contributed by atoms with E-state index >= 15 is 0 Å². The van der Waals surface area contributed by atoms with Gasteiger partial charge in [-0.1, -0.05) is 42.1 Å². The van der Waals surface area contributed by atoms with Crippen LogP contribution in [0.25, 0.3) is 0 Å². The van der Waals surface area contributed by atoms with Crippen molar-refractivity contribution in [1.82, 2.24) is 4.90 Å². The van der Waals surface area contributed by atoms with Crippen LogP contribution in [0, 0.1) is 0 Å². The second-order valence-electron chi connectivity index (χ2n) is 8.69. The van der Waals surface area contributed by atoms with Crippen LogP contribution in [0.3, 0.4) is 0 Å². The minimum Gasteiger partial charge on any atom is -0.497 e. The van der Waals surface area contributed by atoms with E-state index in [4.69, 9.17) is 9.73 Å². The molecule has 0 atom stereocenters. The Kier molecular flexibility index (Phi) is 7.48. The summed E-state index contributed by atoms with van der Waals surface area (Å²) >= 11 is 3.06. The molecule has 2 aliphatic heterocycles. The van der Waals surface area contributed by atoms with Gasteiger partial charge in [-0.05, 0) is 67.6 Å². The van der Waals surface area contributed by atoms with Crippen molar-refractivity contribution in [3.8, 4) is 5.75 Å². The van der Waals surface area contributed by atoms with E-state index in [1.807, 2.05) is 67.7 Å². The Morgan fingerprint density at radius 2 is 1.68 bits per heavy atom. The van der Waals surface area contributed by atoms with Gasteiger partial charge in [0.05, 0.1) is 30.1 Å². The normalized spacial score (nSPS) is 18.1. The number of thioether (sulfide) groups is 2. The molecule has 0 N–H and O–H groups in total. The molecule has 190 valence electrons. The monoisotopic (exact) mass is 530 g/mol. The standard InChI is InChI=1S/C29H30N4O2S2/c1-5-32(6-2)22-14-12-21(13-15-22)30-29-33(19-20-10-8-7-9-11-20)27(34)26(37-29)28-31(3)24-18-23(35-4)16-17-25(24)36-28/h7-18H,5-6,19H2,1-4H3/b28-26-,30-29?. The van der Waals surface area contributed by atoms with Crippen LogP contribution in [0.15, 0.2) is 92.6 Å². The summed E-state index contributed by atoms with van der Waals surface area (Å²) < 4.78 is 5.42. The highest BCUT2D eigenvalue weighted by Gasteiger charge is 2.39. The van der Waals surface area contributed by atoms with Crippen molar-refractivity contribution < 1.29 is 9.53 Å². The van der Waals surface area contributed by atoms with Crippen molar-refractivity contribution in [1.29, 1.82) is 0 Å². The summed E-state index contributed by atoms with van der Waals surface area (Å²) in [6.07, 6.45) is 0. The van der Waals surface area contributed by atoms with Crippen LogP contribution in [-0.2, 0) is 11.3 Å². The third kappa shape index (κ3) is 5.08. The molecule has 3 aromatic rings. The van der Waals surface area contributed by atoms with Crippen LogP contribution in [-0.4, -0.2) is 43.2 Å². The molecule has 0 saturated carbocycles. The van der Waals surface area contributed by atoms with Crippen LogP contribution in [0.1, 0.15) is 19.4 Å². The van der Waals surface area contributed by atoms with E-state index in [9.17, 15) is 4.79 Å². The second kappa shape index (κ2) is 10.9. The molecule has 0 radical (unpaired) electrons. The zero-order chi connectivity index (χ0) is 25.9. The number of rotatable bonds is 7. The summed E-state index contributed by atoms with van der Waals surface area (Å²) in [6.45, 7) is 6.68. The molecule has 1 amide bonds. The highest BCUT2D eigenvalue weighted by atomic mass is 32.2. The summed E-state index contributed by atoms with van der Waals surface area (Å²) in [4.78, 5) is 26.7. The van der Waals surface area contributed by atoms with Crippen molar-refractivity contribution in [2.45, 2.75) is 25.3 Å². The van der Waals surface area contributed by atoms with Gasteiger partial charge in [0.15, 0.2) is 5.17 Å². The molecule has 1 fully saturated rings. The quantitative estimate of drug-likeness (QED) is 0.316. The fraction of sp³-hybridized carbons (Fsp3) is 0.241.